The van der Waals surface area contributed by atoms with Gasteiger partial charge in [-0.3, -0.25) is 14.5 Å². The molecule has 2 aromatic carbocycles. The second-order valence-electron chi connectivity index (χ2n) is 10.1. The minimum atomic E-state index is -0.660. The van der Waals surface area contributed by atoms with Gasteiger partial charge in [-0.25, -0.2) is 4.79 Å². The van der Waals surface area contributed by atoms with Crippen molar-refractivity contribution in [2.45, 2.75) is 71.0 Å². The third kappa shape index (κ3) is 5.65. The first-order chi connectivity index (χ1) is 16.7. The van der Waals surface area contributed by atoms with E-state index in [4.69, 9.17) is 5.73 Å². The highest BCUT2D eigenvalue weighted by Crippen LogP contribution is 2.35. The second-order valence-corrected chi connectivity index (χ2v) is 10.1. The lowest BCUT2D eigenvalue weighted by Gasteiger charge is -2.37. The Labute approximate surface area is 206 Å². The topological polar surface area (TPSA) is 117 Å². The van der Waals surface area contributed by atoms with Crippen LogP contribution in [0.4, 0.5) is 21.9 Å². The van der Waals surface area contributed by atoms with Crippen LogP contribution in [0.25, 0.3) is 0 Å². The molecule has 4 amide bonds. The zero-order valence-corrected chi connectivity index (χ0v) is 20.6. The van der Waals surface area contributed by atoms with E-state index in [-0.39, 0.29) is 35.8 Å². The van der Waals surface area contributed by atoms with Gasteiger partial charge in [0.25, 0.3) is 5.91 Å². The van der Waals surface area contributed by atoms with Crippen LogP contribution < -0.4 is 26.6 Å². The standard InChI is InChI=1S/C27H35N5O3/c1-16(2)13-24-26(34)31-22-15-18(25(33)30-21-10-5-4-9-20(21)28)11-12-23(22)32(24)27(35)29-19-8-6-7-17(3)14-19/h6-8,11-12,14-16,20-21,24H,4-5,9-10,13,28H2,1-3H3,(H,29,35)(H,30,33)(H,31,34). The molecule has 0 saturated heterocycles. The summed E-state index contributed by atoms with van der Waals surface area (Å²) < 4.78 is 0. The first-order valence-corrected chi connectivity index (χ1v) is 12.4. The maximum Gasteiger partial charge on any atom is 0.327 e. The molecule has 2 aliphatic rings. The van der Waals surface area contributed by atoms with Crippen molar-refractivity contribution < 1.29 is 14.4 Å². The minimum absolute atomic E-state index is 0.0531. The van der Waals surface area contributed by atoms with Gasteiger partial charge in [0.2, 0.25) is 5.91 Å². The number of hydrogen-bond acceptors (Lipinski definition) is 4. The summed E-state index contributed by atoms with van der Waals surface area (Å²) in [5.41, 5.74) is 9.29. The van der Waals surface area contributed by atoms with Crippen LogP contribution >= 0.6 is 0 Å². The van der Waals surface area contributed by atoms with Gasteiger partial charge < -0.3 is 21.7 Å². The molecule has 0 radical (unpaired) electrons. The monoisotopic (exact) mass is 477 g/mol. The van der Waals surface area contributed by atoms with Gasteiger partial charge in [-0.05, 0) is 68.0 Å². The van der Waals surface area contributed by atoms with Crippen molar-refractivity contribution >= 4 is 34.9 Å². The maximum atomic E-state index is 13.4. The van der Waals surface area contributed by atoms with Gasteiger partial charge >= 0.3 is 6.03 Å². The summed E-state index contributed by atoms with van der Waals surface area (Å²) in [5, 5.41) is 8.88. The Balaban J connectivity index is 1.61. The Kier molecular flexibility index (Phi) is 7.40. The summed E-state index contributed by atoms with van der Waals surface area (Å²) in [6.45, 7) is 5.99. The normalized spacial score (nSPS) is 21.8. The summed E-state index contributed by atoms with van der Waals surface area (Å²) in [5.74, 6) is -0.298. The molecule has 1 fully saturated rings. The number of anilines is 3. The number of nitrogens with zero attached hydrogens (tertiary/aromatic N) is 1. The van der Waals surface area contributed by atoms with Gasteiger partial charge in [0.15, 0.2) is 0 Å². The quantitative estimate of drug-likeness (QED) is 0.511. The average molecular weight is 478 g/mol. The molecule has 8 heteroatoms. The van der Waals surface area contributed by atoms with E-state index in [0.717, 1.165) is 31.2 Å². The van der Waals surface area contributed by atoms with Crippen LogP contribution in [0.2, 0.25) is 0 Å². The lowest BCUT2D eigenvalue weighted by molar-refractivity contribution is -0.117. The Morgan fingerprint density at radius 2 is 1.91 bits per heavy atom. The Bertz CT molecular complexity index is 1120. The molecule has 3 atom stereocenters. The van der Waals surface area contributed by atoms with Crippen LogP contribution in [0.15, 0.2) is 42.5 Å². The average Bonchev–Trinajstić information content (AvgIpc) is 2.80. The van der Waals surface area contributed by atoms with E-state index in [1.54, 1.807) is 18.2 Å². The molecule has 35 heavy (non-hydrogen) atoms. The zero-order chi connectivity index (χ0) is 25.1. The van der Waals surface area contributed by atoms with Gasteiger partial charge in [0.05, 0.1) is 11.4 Å². The Morgan fingerprint density at radius 1 is 1.14 bits per heavy atom. The smallest absolute Gasteiger partial charge is 0.327 e. The summed E-state index contributed by atoms with van der Waals surface area (Å²) in [6.07, 6.45) is 4.39. The third-order valence-corrected chi connectivity index (χ3v) is 6.71. The number of benzene rings is 2. The molecule has 4 rings (SSSR count). The largest absolute Gasteiger partial charge is 0.348 e. The molecule has 1 aliphatic carbocycles. The number of aryl methyl sites for hydroxylation is 1. The van der Waals surface area contributed by atoms with Crippen molar-refractivity contribution in [2.75, 3.05) is 15.5 Å². The summed E-state index contributed by atoms with van der Waals surface area (Å²) in [7, 11) is 0. The Hall–Kier alpha value is -3.39. The lowest BCUT2D eigenvalue weighted by atomic mass is 9.91. The molecule has 186 valence electrons. The summed E-state index contributed by atoms with van der Waals surface area (Å²) in [4.78, 5) is 41.0. The predicted octanol–water partition coefficient (Wildman–Crippen LogP) is 4.40. The molecule has 8 nitrogen and oxygen atoms in total. The summed E-state index contributed by atoms with van der Waals surface area (Å²) in [6, 6.07) is 11.4. The van der Waals surface area contributed by atoms with E-state index in [0.29, 0.717) is 29.0 Å². The van der Waals surface area contributed by atoms with Crippen LogP contribution in [0.5, 0.6) is 0 Å². The molecular formula is C27H35N5O3. The lowest BCUT2D eigenvalue weighted by Crippen LogP contribution is -2.53. The fraction of sp³-hybridized carbons (Fsp3) is 0.444. The van der Waals surface area contributed by atoms with Gasteiger partial charge in [-0.2, -0.15) is 0 Å². The van der Waals surface area contributed by atoms with Crippen LogP contribution in [-0.2, 0) is 4.79 Å². The van der Waals surface area contributed by atoms with Crippen molar-refractivity contribution in [3.8, 4) is 0 Å². The minimum Gasteiger partial charge on any atom is -0.348 e. The predicted molar refractivity (Wildman–Crippen MR) is 139 cm³/mol. The number of urea groups is 1. The first kappa shape index (κ1) is 24.7. The van der Waals surface area contributed by atoms with E-state index >= 15 is 0 Å². The molecule has 0 aromatic heterocycles. The fourth-order valence-electron chi connectivity index (χ4n) is 4.90. The number of hydrogen-bond donors (Lipinski definition) is 4. The van der Waals surface area contributed by atoms with Gasteiger partial charge in [0.1, 0.15) is 6.04 Å². The number of rotatable bonds is 5. The first-order valence-electron chi connectivity index (χ1n) is 12.4. The molecule has 2 aromatic rings. The van der Waals surface area contributed by atoms with Gasteiger partial charge in [0, 0.05) is 23.3 Å². The highest BCUT2D eigenvalue weighted by Gasteiger charge is 2.38. The third-order valence-electron chi connectivity index (χ3n) is 6.71. The molecule has 1 saturated carbocycles. The van der Waals surface area contributed by atoms with Crippen molar-refractivity contribution in [1.82, 2.24) is 5.32 Å². The van der Waals surface area contributed by atoms with Crippen molar-refractivity contribution in [2.24, 2.45) is 11.7 Å². The van der Waals surface area contributed by atoms with E-state index in [2.05, 4.69) is 16.0 Å². The number of fused-ring (bicyclic) bond motifs is 1. The SMILES string of the molecule is Cc1cccc(NC(=O)N2c3ccc(C(=O)NC4CCCCC4N)cc3NC(=O)C2CC(C)C)c1. The second kappa shape index (κ2) is 10.5. The van der Waals surface area contributed by atoms with E-state index in [1.165, 1.54) is 4.90 Å². The molecular weight excluding hydrogens is 442 g/mol. The number of nitrogens with two attached hydrogens (primary N) is 1. The van der Waals surface area contributed by atoms with E-state index in [1.807, 2.05) is 45.0 Å². The van der Waals surface area contributed by atoms with Crippen molar-refractivity contribution in [3.63, 3.8) is 0 Å². The van der Waals surface area contributed by atoms with E-state index in [9.17, 15) is 14.4 Å². The fourth-order valence-corrected chi connectivity index (χ4v) is 4.90. The number of carbonyl (C=O) groups excluding carboxylic acids is 3. The zero-order valence-electron chi connectivity index (χ0n) is 20.6. The van der Waals surface area contributed by atoms with Crippen molar-refractivity contribution in [3.05, 3.63) is 53.6 Å². The number of amides is 4. The van der Waals surface area contributed by atoms with Gasteiger partial charge in [-0.1, -0.05) is 38.8 Å². The number of carbonyl (C=O) groups is 3. The van der Waals surface area contributed by atoms with Gasteiger partial charge in [-0.15, -0.1) is 0 Å². The van der Waals surface area contributed by atoms with Crippen LogP contribution in [0.3, 0.4) is 0 Å². The molecule has 1 heterocycles. The maximum absolute atomic E-state index is 13.4. The molecule has 5 N–H and O–H groups in total. The number of nitrogens with one attached hydrogen (secondary N) is 3. The summed E-state index contributed by atoms with van der Waals surface area (Å²) >= 11 is 0. The Morgan fingerprint density at radius 3 is 2.63 bits per heavy atom. The molecule has 0 bridgehead atoms. The van der Waals surface area contributed by atoms with Crippen LogP contribution in [-0.4, -0.2) is 36.0 Å². The van der Waals surface area contributed by atoms with Crippen LogP contribution in [0, 0.1) is 12.8 Å². The molecule has 1 aliphatic heterocycles. The van der Waals surface area contributed by atoms with E-state index < -0.39 is 6.04 Å². The molecule has 0 spiro atoms. The van der Waals surface area contributed by atoms with Crippen molar-refractivity contribution in [1.29, 1.82) is 0 Å². The highest BCUT2D eigenvalue weighted by atomic mass is 16.2. The molecule has 3 unspecified atom stereocenters. The highest BCUT2D eigenvalue weighted by molar-refractivity contribution is 6.15. The van der Waals surface area contributed by atoms with Crippen LogP contribution in [0.1, 0.15) is 61.9 Å².